The van der Waals surface area contributed by atoms with Gasteiger partial charge in [0, 0.05) is 31.9 Å². The van der Waals surface area contributed by atoms with Gasteiger partial charge in [-0.2, -0.15) is 0 Å². The molecule has 6 nitrogen and oxygen atoms in total. The van der Waals surface area contributed by atoms with E-state index < -0.39 is 5.91 Å². The molecule has 1 saturated heterocycles. The Morgan fingerprint density at radius 2 is 1.86 bits per heavy atom. The molecule has 6 heteroatoms. The van der Waals surface area contributed by atoms with Gasteiger partial charge in [-0.1, -0.05) is 25.1 Å². The van der Waals surface area contributed by atoms with Gasteiger partial charge in [-0.15, -0.1) is 0 Å². The lowest BCUT2D eigenvalue weighted by molar-refractivity contribution is -0.117. The first-order valence-electron chi connectivity index (χ1n) is 7.24. The zero-order chi connectivity index (χ0) is 15.2. The van der Waals surface area contributed by atoms with Crippen LogP contribution < -0.4 is 11.1 Å². The van der Waals surface area contributed by atoms with Crippen LogP contribution in [0.15, 0.2) is 24.3 Å². The lowest BCUT2D eigenvalue weighted by Gasteiger charge is -2.34. The van der Waals surface area contributed by atoms with E-state index in [1.54, 1.807) is 17.0 Å². The summed E-state index contributed by atoms with van der Waals surface area (Å²) in [5, 5.41) is 2.88. The summed E-state index contributed by atoms with van der Waals surface area (Å²) in [6, 6.07) is 7.12. The molecule has 0 radical (unpaired) electrons. The van der Waals surface area contributed by atoms with Gasteiger partial charge in [-0.25, -0.2) is 4.79 Å². The fourth-order valence-corrected chi connectivity index (χ4v) is 2.45. The fraction of sp³-hybridized carbons (Fsp3) is 0.467. The van der Waals surface area contributed by atoms with Gasteiger partial charge in [0.25, 0.3) is 0 Å². The van der Waals surface area contributed by atoms with Crippen LogP contribution in [0, 0.1) is 0 Å². The minimum absolute atomic E-state index is 0.123. The Morgan fingerprint density at radius 1 is 1.19 bits per heavy atom. The largest absolute Gasteiger partial charge is 0.369 e. The molecule has 0 bridgehead atoms. The van der Waals surface area contributed by atoms with E-state index in [1.807, 2.05) is 12.1 Å². The van der Waals surface area contributed by atoms with E-state index in [4.69, 9.17) is 5.73 Å². The van der Waals surface area contributed by atoms with Crippen LogP contribution in [0.2, 0.25) is 0 Å². The van der Waals surface area contributed by atoms with Gasteiger partial charge in [0.05, 0.1) is 6.42 Å². The molecule has 0 aromatic heterocycles. The smallest absolute Gasteiger partial charge is 0.321 e. The van der Waals surface area contributed by atoms with E-state index in [0.29, 0.717) is 5.69 Å². The van der Waals surface area contributed by atoms with Crippen molar-refractivity contribution in [3.05, 3.63) is 29.8 Å². The standard InChI is InChI=1S/C15H22N4O2/c1-2-18-7-9-19(10-8-18)15(21)17-13-6-4-3-5-12(13)11-14(16)20/h3-6H,2,7-11H2,1H3,(H2,16,20)(H,17,21). The predicted octanol–water partition coefficient (Wildman–Crippen LogP) is 0.884. The summed E-state index contributed by atoms with van der Waals surface area (Å²) in [6.45, 7) is 6.36. The highest BCUT2D eigenvalue weighted by Gasteiger charge is 2.20. The number of anilines is 1. The lowest BCUT2D eigenvalue weighted by Crippen LogP contribution is -2.49. The SMILES string of the molecule is CCN1CCN(C(=O)Nc2ccccc2CC(N)=O)CC1. The van der Waals surface area contributed by atoms with Crippen molar-refractivity contribution >= 4 is 17.6 Å². The Morgan fingerprint density at radius 3 is 2.48 bits per heavy atom. The van der Waals surface area contributed by atoms with Crippen LogP contribution in [0.25, 0.3) is 0 Å². The molecule has 114 valence electrons. The number of urea groups is 1. The molecular formula is C15H22N4O2. The molecule has 3 amide bonds. The van der Waals surface area contributed by atoms with Crippen molar-refractivity contribution in [1.82, 2.24) is 9.80 Å². The van der Waals surface area contributed by atoms with E-state index in [0.717, 1.165) is 38.3 Å². The summed E-state index contributed by atoms with van der Waals surface area (Å²) >= 11 is 0. The van der Waals surface area contributed by atoms with Gasteiger partial charge >= 0.3 is 6.03 Å². The molecule has 21 heavy (non-hydrogen) atoms. The number of carbonyl (C=O) groups is 2. The number of para-hydroxylation sites is 1. The number of nitrogens with one attached hydrogen (secondary N) is 1. The second-order valence-corrected chi connectivity index (χ2v) is 5.15. The summed E-state index contributed by atoms with van der Waals surface area (Å²) in [6.07, 6.45) is 0.125. The number of primary amides is 1. The van der Waals surface area contributed by atoms with Gasteiger partial charge < -0.3 is 20.9 Å². The first-order chi connectivity index (χ1) is 10.1. The molecule has 0 spiro atoms. The summed E-state index contributed by atoms with van der Waals surface area (Å²) in [5.41, 5.74) is 6.62. The van der Waals surface area contributed by atoms with Crippen molar-refractivity contribution in [3.63, 3.8) is 0 Å². The molecule has 0 aliphatic carbocycles. The third-order valence-corrected chi connectivity index (χ3v) is 3.73. The van der Waals surface area contributed by atoms with Crippen molar-refractivity contribution < 1.29 is 9.59 Å². The zero-order valence-electron chi connectivity index (χ0n) is 12.3. The highest BCUT2D eigenvalue weighted by molar-refractivity contribution is 5.91. The molecule has 0 atom stereocenters. The van der Waals surface area contributed by atoms with E-state index in [2.05, 4.69) is 17.1 Å². The van der Waals surface area contributed by atoms with Crippen molar-refractivity contribution in [2.75, 3.05) is 38.0 Å². The number of amides is 3. The second kappa shape index (κ2) is 7.08. The van der Waals surface area contributed by atoms with E-state index in [9.17, 15) is 9.59 Å². The molecule has 1 aromatic rings. The van der Waals surface area contributed by atoms with Gasteiger partial charge in [-0.3, -0.25) is 4.79 Å². The maximum absolute atomic E-state index is 12.3. The average molecular weight is 290 g/mol. The zero-order valence-corrected chi connectivity index (χ0v) is 12.3. The highest BCUT2D eigenvalue weighted by atomic mass is 16.2. The van der Waals surface area contributed by atoms with Crippen molar-refractivity contribution in [3.8, 4) is 0 Å². The number of piperazine rings is 1. The summed E-state index contributed by atoms with van der Waals surface area (Å²) in [7, 11) is 0. The van der Waals surface area contributed by atoms with Crippen molar-refractivity contribution in [1.29, 1.82) is 0 Å². The number of carbonyl (C=O) groups excluding carboxylic acids is 2. The molecule has 1 aliphatic rings. The average Bonchev–Trinajstić information content (AvgIpc) is 2.49. The Bertz CT molecular complexity index is 510. The van der Waals surface area contributed by atoms with Crippen molar-refractivity contribution in [2.45, 2.75) is 13.3 Å². The Kier molecular flexibility index (Phi) is 5.16. The maximum atomic E-state index is 12.3. The Balaban J connectivity index is 1.98. The number of hydrogen-bond acceptors (Lipinski definition) is 3. The molecule has 1 aromatic carbocycles. The molecule has 0 saturated carbocycles. The number of rotatable bonds is 4. The van der Waals surface area contributed by atoms with E-state index in [-0.39, 0.29) is 12.5 Å². The summed E-state index contributed by atoms with van der Waals surface area (Å²) in [4.78, 5) is 27.5. The normalized spacial score (nSPS) is 15.8. The van der Waals surface area contributed by atoms with Gasteiger partial charge in [0.2, 0.25) is 5.91 Å². The topological polar surface area (TPSA) is 78.7 Å². The minimum atomic E-state index is -0.409. The number of hydrogen-bond donors (Lipinski definition) is 2. The summed E-state index contributed by atoms with van der Waals surface area (Å²) in [5.74, 6) is -0.409. The maximum Gasteiger partial charge on any atom is 0.321 e. The summed E-state index contributed by atoms with van der Waals surface area (Å²) < 4.78 is 0. The van der Waals surface area contributed by atoms with E-state index in [1.165, 1.54) is 0 Å². The van der Waals surface area contributed by atoms with Gasteiger partial charge in [0.1, 0.15) is 0 Å². The monoisotopic (exact) mass is 290 g/mol. The number of likely N-dealkylation sites (N-methyl/N-ethyl adjacent to an activating group) is 1. The first kappa shape index (κ1) is 15.3. The quantitative estimate of drug-likeness (QED) is 0.864. The molecular weight excluding hydrogens is 268 g/mol. The fourth-order valence-electron chi connectivity index (χ4n) is 2.45. The highest BCUT2D eigenvalue weighted by Crippen LogP contribution is 2.16. The molecule has 3 N–H and O–H groups in total. The molecule has 1 heterocycles. The van der Waals surface area contributed by atoms with Crippen LogP contribution in [-0.2, 0) is 11.2 Å². The van der Waals surface area contributed by atoms with Crippen LogP contribution in [0.5, 0.6) is 0 Å². The number of benzene rings is 1. The van der Waals surface area contributed by atoms with Crippen LogP contribution >= 0.6 is 0 Å². The first-order valence-corrected chi connectivity index (χ1v) is 7.24. The van der Waals surface area contributed by atoms with E-state index >= 15 is 0 Å². The second-order valence-electron chi connectivity index (χ2n) is 5.15. The van der Waals surface area contributed by atoms with Gasteiger partial charge in [0.15, 0.2) is 0 Å². The predicted molar refractivity (Wildman–Crippen MR) is 82.0 cm³/mol. The Labute approximate surface area is 124 Å². The minimum Gasteiger partial charge on any atom is -0.369 e. The van der Waals surface area contributed by atoms with Crippen LogP contribution in [0.4, 0.5) is 10.5 Å². The molecule has 2 rings (SSSR count). The third kappa shape index (κ3) is 4.19. The number of nitrogens with two attached hydrogens (primary N) is 1. The van der Waals surface area contributed by atoms with Crippen molar-refractivity contribution in [2.24, 2.45) is 5.73 Å². The molecule has 0 unspecified atom stereocenters. The number of nitrogens with zero attached hydrogens (tertiary/aromatic N) is 2. The lowest BCUT2D eigenvalue weighted by atomic mass is 10.1. The van der Waals surface area contributed by atoms with Gasteiger partial charge in [-0.05, 0) is 18.2 Å². The third-order valence-electron chi connectivity index (χ3n) is 3.73. The van der Waals surface area contributed by atoms with Crippen LogP contribution in [0.1, 0.15) is 12.5 Å². The molecule has 1 aliphatic heterocycles. The molecule has 1 fully saturated rings. The van der Waals surface area contributed by atoms with Crippen LogP contribution in [0.3, 0.4) is 0 Å². The Hall–Kier alpha value is -2.08. The van der Waals surface area contributed by atoms with Crippen LogP contribution in [-0.4, -0.2) is 54.5 Å².